The van der Waals surface area contributed by atoms with Crippen LogP contribution in [0.3, 0.4) is 0 Å². The SMILES string of the molecule is C[C@H](/C=C/CC(=O)N1Cc2ccccc2C[C@H]1CO)[C@@]1(O)C(=O)N(Cc2ccc(I)cc2)c2ccccc21. The minimum absolute atomic E-state index is 0.0903. The molecule has 3 aromatic carbocycles. The number of anilines is 1. The Morgan fingerprint density at radius 2 is 1.76 bits per heavy atom. The van der Waals surface area contributed by atoms with Crippen molar-refractivity contribution in [2.45, 2.75) is 44.5 Å². The average Bonchev–Trinajstić information content (AvgIpc) is 3.16. The Bertz CT molecular complexity index is 1370. The zero-order valence-corrected chi connectivity index (χ0v) is 23.4. The van der Waals surface area contributed by atoms with E-state index in [1.807, 2.05) is 66.7 Å². The smallest absolute Gasteiger partial charge is 0.264 e. The normalized spacial score (nSPS) is 21.5. The largest absolute Gasteiger partial charge is 0.394 e. The maximum atomic E-state index is 13.7. The third-order valence-corrected chi connectivity index (χ3v) is 8.41. The predicted octanol–water partition coefficient (Wildman–Crippen LogP) is 4.55. The van der Waals surface area contributed by atoms with Crippen molar-refractivity contribution in [2.75, 3.05) is 11.5 Å². The summed E-state index contributed by atoms with van der Waals surface area (Å²) in [5, 5.41) is 21.7. The summed E-state index contributed by atoms with van der Waals surface area (Å²) >= 11 is 2.25. The number of carbonyl (C=O) groups excluding carboxylic acids is 2. The highest BCUT2D eigenvalue weighted by Crippen LogP contribution is 2.45. The summed E-state index contributed by atoms with van der Waals surface area (Å²) in [6.07, 6.45) is 4.24. The first-order valence-corrected chi connectivity index (χ1v) is 13.9. The molecule has 2 amide bonds. The number of fused-ring (bicyclic) bond motifs is 2. The third kappa shape index (κ3) is 4.90. The zero-order chi connectivity index (χ0) is 26.9. The van der Waals surface area contributed by atoms with Crippen molar-refractivity contribution in [1.29, 1.82) is 0 Å². The molecule has 0 aromatic heterocycles. The lowest BCUT2D eigenvalue weighted by Crippen LogP contribution is -2.46. The van der Waals surface area contributed by atoms with E-state index >= 15 is 0 Å². The van der Waals surface area contributed by atoms with Crippen molar-refractivity contribution in [3.63, 3.8) is 0 Å². The Labute approximate surface area is 236 Å². The van der Waals surface area contributed by atoms with Crippen LogP contribution < -0.4 is 4.90 Å². The van der Waals surface area contributed by atoms with Crippen molar-refractivity contribution in [3.05, 3.63) is 111 Å². The molecule has 2 N–H and O–H groups in total. The number of amides is 2. The summed E-state index contributed by atoms with van der Waals surface area (Å²) in [5.74, 6) is -1.01. The fourth-order valence-corrected chi connectivity index (χ4v) is 5.86. The monoisotopic (exact) mass is 622 g/mol. The molecular weight excluding hydrogens is 591 g/mol. The first-order chi connectivity index (χ1) is 18.3. The maximum Gasteiger partial charge on any atom is 0.264 e. The van der Waals surface area contributed by atoms with Gasteiger partial charge < -0.3 is 20.0 Å². The van der Waals surface area contributed by atoms with E-state index in [0.717, 1.165) is 20.3 Å². The third-order valence-electron chi connectivity index (χ3n) is 7.69. The van der Waals surface area contributed by atoms with Gasteiger partial charge in [-0.1, -0.05) is 73.7 Å². The van der Waals surface area contributed by atoms with Crippen molar-refractivity contribution < 1.29 is 19.8 Å². The van der Waals surface area contributed by atoms with Crippen LogP contribution >= 0.6 is 22.6 Å². The van der Waals surface area contributed by atoms with Crippen LogP contribution in [0.15, 0.2) is 84.9 Å². The molecule has 7 heteroatoms. The van der Waals surface area contributed by atoms with Gasteiger partial charge in [0.05, 0.1) is 24.9 Å². The van der Waals surface area contributed by atoms with Gasteiger partial charge in [0, 0.05) is 28.0 Å². The summed E-state index contributed by atoms with van der Waals surface area (Å²) in [4.78, 5) is 30.2. The Morgan fingerprint density at radius 1 is 1.08 bits per heavy atom. The van der Waals surface area contributed by atoms with Gasteiger partial charge in [0.25, 0.3) is 5.91 Å². The van der Waals surface area contributed by atoms with E-state index in [4.69, 9.17) is 0 Å². The van der Waals surface area contributed by atoms with Crippen LogP contribution in [0.4, 0.5) is 5.69 Å². The molecule has 6 nitrogen and oxygen atoms in total. The number of rotatable bonds is 7. The van der Waals surface area contributed by atoms with Gasteiger partial charge in [0.15, 0.2) is 5.60 Å². The summed E-state index contributed by atoms with van der Waals surface area (Å²) in [7, 11) is 0. The predicted molar refractivity (Wildman–Crippen MR) is 155 cm³/mol. The average molecular weight is 623 g/mol. The summed E-state index contributed by atoms with van der Waals surface area (Å²) in [5.41, 5.74) is 2.79. The Balaban J connectivity index is 1.32. The Hall–Kier alpha value is -3.01. The number of benzene rings is 3. The molecule has 0 saturated heterocycles. The van der Waals surface area contributed by atoms with Crippen molar-refractivity contribution in [1.82, 2.24) is 4.90 Å². The van der Waals surface area contributed by atoms with Crippen LogP contribution in [0.2, 0.25) is 0 Å². The lowest BCUT2D eigenvalue weighted by atomic mass is 9.83. The molecule has 5 rings (SSSR count). The molecule has 0 bridgehead atoms. The second kappa shape index (κ2) is 11.0. The van der Waals surface area contributed by atoms with Crippen LogP contribution in [0.25, 0.3) is 0 Å². The molecule has 2 aliphatic rings. The Kier molecular flexibility index (Phi) is 7.70. The van der Waals surface area contributed by atoms with E-state index in [9.17, 15) is 19.8 Å². The first-order valence-electron chi connectivity index (χ1n) is 12.8. The molecule has 196 valence electrons. The minimum Gasteiger partial charge on any atom is -0.394 e. The molecule has 38 heavy (non-hydrogen) atoms. The van der Waals surface area contributed by atoms with Gasteiger partial charge in [0.1, 0.15) is 0 Å². The molecular formula is C31H31IN2O4. The molecule has 3 atom stereocenters. The van der Waals surface area contributed by atoms with E-state index in [1.54, 1.807) is 34.9 Å². The van der Waals surface area contributed by atoms with Gasteiger partial charge in [-0.25, -0.2) is 0 Å². The van der Waals surface area contributed by atoms with E-state index in [1.165, 1.54) is 0 Å². The second-order valence-electron chi connectivity index (χ2n) is 10.1. The van der Waals surface area contributed by atoms with Crippen LogP contribution in [0, 0.1) is 9.49 Å². The molecule has 0 radical (unpaired) electrons. The summed E-state index contributed by atoms with van der Waals surface area (Å²) in [6, 6.07) is 23.1. The Morgan fingerprint density at radius 3 is 2.50 bits per heavy atom. The van der Waals surface area contributed by atoms with Crippen molar-refractivity contribution >= 4 is 40.1 Å². The fourth-order valence-electron chi connectivity index (χ4n) is 5.50. The highest BCUT2D eigenvalue weighted by Gasteiger charge is 2.52. The number of carbonyl (C=O) groups is 2. The highest BCUT2D eigenvalue weighted by molar-refractivity contribution is 14.1. The summed E-state index contributed by atoms with van der Waals surface area (Å²) < 4.78 is 1.11. The highest BCUT2D eigenvalue weighted by atomic mass is 127. The molecule has 0 aliphatic carbocycles. The van der Waals surface area contributed by atoms with E-state index in [0.29, 0.717) is 30.8 Å². The lowest BCUT2D eigenvalue weighted by molar-refractivity contribution is -0.139. The molecule has 0 spiro atoms. The van der Waals surface area contributed by atoms with Crippen LogP contribution in [0.5, 0.6) is 0 Å². The van der Waals surface area contributed by atoms with E-state index in [-0.39, 0.29) is 30.9 Å². The number of para-hydroxylation sites is 1. The molecule has 3 aromatic rings. The first kappa shape index (κ1) is 26.6. The lowest BCUT2D eigenvalue weighted by Gasteiger charge is -2.36. The van der Waals surface area contributed by atoms with Crippen LogP contribution in [0.1, 0.15) is 35.6 Å². The van der Waals surface area contributed by atoms with Crippen LogP contribution in [-0.2, 0) is 34.7 Å². The van der Waals surface area contributed by atoms with Crippen molar-refractivity contribution in [3.8, 4) is 0 Å². The molecule has 0 unspecified atom stereocenters. The zero-order valence-electron chi connectivity index (χ0n) is 21.3. The van der Waals surface area contributed by atoms with Gasteiger partial charge in [0.2, 0.25) is 5.91 Å². The number of aliphatic hydroxyl groups excluding tert-OH is 1. The minimum atomic E-state index is -1.73. The fraction of sp³-hybridized carbons (Fsp3) is 0.290. The molecule has 0 saturated carbocycles. The number of halogens is 1. The van der Waals surface area contributed by atoms with Gasteiger partial charge in [-0.05, 0) is 63.9 Å². The standard InChI is InChI=1S/C31H31IN2O4/c1-21(7-6-12-29(36)33-19-24-9-3-2-8-23(24)17-26(33)20-35)31(38)27-10-4-5-11-28(27)34(30(31)37)18-22-13-15-25(32)16-14-22/h2-11,13-16,21,26,35,38H,12,17-20H2,1H3/b7-6+/t21-,26+,31+/m1/s1. The summed E-state index contributed by atoms with van der Waals surface area (Å²) in [6.45, 7) is 2.54. The maximum absolute atomic E-state index is 13.7. The van der Waals surface area contributed by atoms with Crippen molar-refractivity contribution in [2.24, 2.45) is 5.92 Å². The van der Waals surface area contributed by atoms with E-state index < -0.39 is 11.5 Å². The van der Waals surface area contributed by atoms with Crippen LogP contribution in [-0.4, -0.2) is 39.6 Å². The van der Waals surface area contributed by atoms with Gasteiger partial charge in [-0.3, -0.25) is 9.59 Å². The second-order valence-corrected chi connectivity index (χ2v) is 11.3. The number of aliphatic hydroxyl groups is 2. The molecule has 0 fully saturated rings. The van der Waals surface area contributed by atoms with Gasteiger partial charge in [-0.15, -0.1) is 0 Å². The van der Waals surface area contributed by atoms with E-state index in [2.05, 4.69) is 22.6 Å². The number of nitrogens with zero attached hydrogens (tertiary/aromatic N) is 2. The topological polar surface area (TPSA) is 81.1 Å². The quantitative estimate of drug-likeness (QED) is 0.300. The van der Waals surface area contributed by atoms with Gasteiger partial charge in [-0.2, -0.15) is 0 Å². The van der Waals surface area contributed by atoms with Gasteiger partial charge >= 0.3 is 0 Å². The number of hydrogen-bond acceptors (Lipinski definition) is 4. The molecule has 2 heterocycles. The number of hydrogen-bond donors (Lipinski definition) is 2. The molecule has 2 aliphatic heterocycles.